The summed E-state index contributed by atoms with van der Waals surface area (Å²) in [6, 6.07) is 7.74. The number of carbonyl (C=O) groups excluding carboxylic acids is 1. The summed E-state index contributed by atoms with van der Waals surface area (Å²) in [4.78, 5) is 28.6. The smallest absolute Gasteiger partial charge is 0.257 e. The second-order valence-corrected chi connectivity index (χ2v) is 8.73. The zero-order valence-corrected chi connectivity index (χ0v) is 16.9. The fourth-order valence-electron chi connectivity index (χ4n) is 3.08. The third kappa shape index (κ3) is 5.07. The standard InChI is InChI=1S/C20H26N2O4S/c1-5-15(6-2)19-18(17(23)11-13(3)22-19)20(24)21-12-14-7-9-16(10-8-14)27(4,25)26/h7-11,15H,5-6,12H2,1-4H3,(H,21,24)(H,22,23). The topological polar surface area (TPSA) is 96.1 Å². The highest BCUT2D eigenvalue weighted by Crippen LogP contribution is 2.23. The van der Waals surface area contributed by atoms with Crippen molar-refractivity contribution in [1.82, 2.24) is 10.3 Å². The van der Waals surface area contributed by atoms with Crippen molar-refractivity contribution < 1.29 is 13.2 Å². The minimum Gasteiger partial charge on any atom is -0.361 e. The van der Waals surface area contributed by atoms with Gasteiger partial charge in [-0.05, 0) is 43.4 Å². The molecular weight excluding hydrogens is 364 g/mol. The lowest BCUT2D eigenvalue weighted by Gasteiger charge is -2.17. The van der Waals surface area contributed by atoms with Crippen LogP contribution in [-0.4, -0.2) is 25.6 Å². The molecule has 0 aliphatic carbocycles. The number of aryl methyl sites for hydroxylation is 1. The van der Waals surface area contributed by atoms with E-state index in [9.17, 15) is 18.0 Å². The van der Waals surface area contributed by atoms with Crippen LogP contribution in [0.4, 0.5) is 0 Å². The van der Waals surface area contributed by atoms with E-state index in [1.165, 1.54) is 18.2 Å². The first-order valence-electron chi connectivity index (χ1n) is 8.98. The van der Waals surface area contributed by atoms with Crippen LogP contribution in [0.15, 0.2) is 40.0 Å². The number of amides is 1. The number of sulfone groups is 1. The normalized spacial score (nSPS) is 11.6. The maximum absolute atomic E-state index is 12.7. The highest BCUT2D eigenvalue weighted by atomic mass is 32.2. The number of carbonyl (C=O) groups is 1. The number of nitrogens with one attached hydrogen (secondary N) is 2. The second kappa shape index (κ2) is 8.52. The Labute approximate surface area is 159 Å². The first-order valence-corrected chi connectivity index (χ1v) is 10.9. The summed E-state index contributed by atoms with van der Waals surface area (Å²) in [5.74, 6) is -0.322. The fourth-order valence-corrected chi connectivity index (χ4v) is 3.71. The van der Waals surface area contributed by atoms with Crippen LogP contribution in [-0.2, 0) is 16.4 Å². The van der Waals surface area contributed by atoms with Crippen molar-refractivity contribution in [2.75, 3.05) is 6.26 Å². The number of H-pyrrole nitrogens is 1. The van der Waals surface area contributed by atoms with Gasteiger partial charge in [0.25, 0.3) is 5.91 Å². The molecule has 2 aromatic rings. The van der Waals surface area contributed by atoms with Gasteiger partial charge in [0.05, 0.1) is 4.90 Å². The third-order valence-corrected chi connectivity index (χ3v) is 5.75. The van der Waals surface area contributed by atoms with Gasteiger partial charge in [-0.15, -0.1) is 0 Å². The molecule has 27 heavy (non-hydrogen) atoms. The van der Waals surface area contributed by atoms with Gasteiger partial charge in [-0.25, -0.2) is 8.42 Å². The lowest BCUT2D eigenvalue weighted by molar-refractivity contribution is 0.0947. The van der Waals surface area contributed by atoms with Gasteiger partial charge in [0, 0.05) is 30.3 Å². The molecule has 2 rings (SSSR count). The fraction of sp³-hybridized carbons (Fsp3) is 0.400. The maximum Gasteiger partial charge on any atom is 0.257 e. The summed E-state index contributed by atoms with van der Waals surface area (Å²) in [5, 5.41) is 2.77. The number of rotatable bonds is 7. The van der Waals surface area contributed by atoms with Crippen molar-refractivity contribution in [3.05, 3.63) is 63.1 Å². The van der Waals surface area contributed by atoms with Crippen molar-refractivity contribution in [3.63, 3.8) is 0 Å². The number of aromatic nitrogens is 1. The lowest BCUT2D eigenvalue weighted by Crippen LogP contribution is -2.31. The Morgan fingerprint density at radius 1 is 1.15 bits per heavy atom. The highest BCUT2D eigenvalue weighted by molar-refractivity contribution is 7.90. The molecule has 0 bridgehead atoms. The molecule has 1 aromatic heterocycles. The minimum atomic E-state index is -3.26. The van der Waals surface area contributed by atoms with Gasteiger partial charge in [0.2, 0.25) is 0 Å². The van der Waals surface area contributed by atoms with E-state index in [0.29, 0.717) is 5.69 Å². The van der Waals surface area contributed by atoms with Gasteiger partial charge in [-0.1, -0.05) is 26.0 Å². The van der Waals surface area contributed by atoms with E-state index in [0.717, 1.165) is 30.4 Å². The van der Waals surface area contributed by atoms with Crippen molar-refractivity contribution in [1.29, 1.82) is 0 Å². The van der Waals surface area contributed by atoms with Crippen LogP contribution in [0, 0.1) is 6.92 Å². The van der Waals surface area contributed by atoms with Gasteiger partial charge in [0.1, 0.15) is 5.56 Å². The summed E-state index contributed by atoms with van der Waals surface area (Å²) < 4.78 is 23.0. The molecule has 146 valence electrons. The van der Waals surface area contributed by atoms with Crippen LogP contribution < -0.4 is 10.7 Å². The molecule has 0 saturated carbocycles. The monoisotopic (exact) mass is 390 g/mol. The van der Waals surface area contributed by atoms with Crippen molar-refractivity contribution in [2.24, 2.45) is 0 Å². The third-order valence-electron chi connectivity index (χ3n) is 4.62. The van der Waals surface area contributed by atoms with Gasteiger partial charge in [-0.3, -0.25) is 9.59 Å². The van der Waals surface area contributed by atoms with Crippen molar-refractivity contribution in [3.8, 4) is 0 Å². The molecule has 6 nitrogen and oxygen atoms in total. The van der Waals surface area contributed by atoms with Crippen molar-refractivity contribution in [2.45, 2.75) is 51.0 Å². The molecule has 1 heterocycles. The molecule has 0 spiro atoms. The predicted molar refractivity (Wildman–Crippen MR) is 106 cm³/mol. The van der Waals surface area contributed by atoms with Gasteiger partial charge in [-0.2, -0.15) is 0 Å². The molecule has 2 N–H and O–H groups in total. The Morgan fingerprint density at radius 2 is 1.74 bits per heavy atom. The average molecular weight is 391 g/mol. The molecule has 1 amide bonds. The molecule has 0 aliphatic rings. The number of hydrogen-bond acceptors (Lipinski definition) is 4. The van der Waals surface area contributed by atoms with Crippen LogP contribution in [0.2, 0.25) is 0 Å². The average Bonchev–Trinajstić information content (AvgIpc) is 2.60. The van der Waals surface area contributed by atoms with E-state index in [2.05, 4.69) is 10.3 Å². The Morgan fingerprint density at radius 3 is 2.26 bits per heavy atom. The number of hydrogen-bond donors (Lipinski definition) is 2. The van der Waals surface area contributed by atoms with Crippen LogP contribution >= 0.6 is 0 Å². The van der Waals surface area contributed by atoms with Crippen LogP contribution in [0.3, 0.4) is 0 Å². The van der Waals surface area contributed by atoms with E-state index >= 15 is 0 Å². The van der Waals surface area contributed by atoms with Gasteiger partial charge >= 0.3 is 0 Å². The number of aromatic amines is 1. The maximum atomic E-state index is 12.7. The summed E-state index contributed by atoms with van der Waals surface area (Å²) in [6.45, 7) is 6.07. The number of pyridine rings is 1. The zero-order valence-electron chi connectivity index (χ0n) is 16.1. The molecule has 7 heteroatoms. The van der Waals surface area contributed by atoms with Gasteiger partial charge < -0.3 is 10.3 Å². The largest absolute Gasteiger partial charge is 0.361 e. The van der Waals surface area contributed by atoms with E-state index < -0.39 is 15.7 Å². The first-order chi connectivity index (χ1) is 12.7. The zero-order chi connectivity index (χ0) is 20.2. The highest BCUT2D eigenvalue weighted by Gasteiger charge is 2.21. The van der Waals surface area contributed by atoms with E-state index in [1.807, 2.05) is 13.8 Å². The number of benzene rings is 1. The summed E-state index contributed by atoms with van der Waals surface area (Å²) in [6.07, 6.45) is 2.79. The summed E-state index contributed by atoms with van der Waals surface area (Å²) in [5.41, 5.74) is 2.02. The predicted octanol–water partition coefficient (Wildman–Crippen LogP) is 2.92. The molecular formula is C20H26N2O4S. The van der Waals surface area contributed by atoms with Crippen molar-refractivity contribution >= 4 is 15.7 Å². The molecule has 0 unspecified atom stereocenters. The van der Waals surface area contributed by atoms with E-state index in [4.69, 9.17) is 0 Å². The lowest BCUT2D eigenvalue weighted by atomic mass is 9.94. The molecule has 0 atom stereocenters. The molecule has 0 fully saturated rings. The van der Waals surface area contributed by atoms with Gasteiger partial charge in [0.15, 0.2) is 15.3 Å². The Bertz CT molecular complexity index is 972. The molecule has 1 aromatic carbocycles. The van der Waals surface area contributed by atoms with E-state index in [-0.39, 0.29) is 28.4 Å². The summed E-state index contributed by atoms with van der Waals surface area (Å²) in [7, 11) is -3.26. The Hall–Kier alpha value is -2.41. The molecule has 0 radical (unpaired) electrons. The SMILES string of the molecule is CCC(CC)c1[nH]c(C)cc(=O)c1C(=O)NCc1ccc(S(C)(=O)=O)cc1. The van der Waals surface area contributed by atoms with Crippen LogP contribution in [0.25, 0.3) is 0 Å². The first kappa shape index (κ1) is 20.9. The van der Waals surface area contributed by atoms with Crippen LogP contribution in [0.5, 0.6) is 0 Å². The Balaban J connectivity index is 2.24. The minimum absolute atomic E-state index is 0.104. The Kier molecular flexibility index (Phi) is 6.59. The molecule has 0 aliphatic heterocycles. The van der Waals surface area contributed by atoms with Crippen LogP contribution in [0.1, 0.15) is 59.9 Å². The quantitative estimate of drug-likeness (QED) is 0.760. The second-order valence-electron chi connectivity index (χ2n) is 6.72. The molecule has 0 saturated heterocycles. The van der Waals surface area contributed by atoms with E-state index in [1.54, 1.807) is 19.1 Å². The summed E-state index contributed by atoms with van der Waals surface area (Å²) >= 11 is 0.